The lowest BCUT2D eigenvalue weighted by Crippen LogP contribution is -2.48. The van der Waals surface area contributed by atoms with E-state index in [1.54, 1.807) is 0 Å². The first-order valence-corrected chi connectivity index (χ1v) is 6.69. The molecular weight excluding hydrogens is 232 g/mol. The van der Waals surface area contributed by atoms with Crippen LogP contribution in [0, 0.1) is 5.92 Å². The van der Waals surface area contributed by atoms with Crippen molar-refractivity contribution in [1.29, 1.82) is 0 Å². The van der Waals surface area contributed by atoms with Gasteiger partial charge in [-0.2, -0.15) is 0 Å². The fourth-order valence-corrected chi connectivity index (χ4v) is 2.98. The van der Waals surface area contributed by atoms with Gasteiger partial charge in [0.05, 0.1) is 0 Å². The Hall–Kier alpha value is -0.570. The molecule has 0 radical (unpaired) electrons. The molecule has 3 unspecified atom stereocenters. The summed E-state index contributed by atoms with van der Waals surface area (Å²) in [5.41, 5.74) is 6.99. The molecule has 1 aromatic carbocycles. The van der Waals surface area contributed by atoms with E-state index in [-0.39, 0.29) is 0 Å². The van der Waals surface area contributed by atoms with Crippen LogP contribution in [0.15, 0.2) is 24.3 Å². The Morgan fingerprint density at radius 3 is 2.65 bits per heavy atom. The number of hydrogen-bond donors (Lipinski definition) is 1. The summed E-state index contributed by atoms with van der Waals surface area (Å²) in [7, 11) is 2.18. The molecule has 94 valence electrons. The van der Waals surface area contributed by atoms with Gasteiger partial charge in [0.25, 0.3) is 0 Å². The van der Waals surface area contributed by atoms with Crippen molar-refractivity contribution >= 4 is 11.6 Å². The highest BCUT2D eigenvalue weighted by atomic mass is 35.5. The molecule has 0 amide bonds. The first kappa shape index (κ1) is 12.9. The molecule has 0 aliphatic heterocycles. The van der Waals surface area contributed by atoms with Crippen molar-refractivity contribution in [3.8, 4) is 0 Å². The average molecular weight is 253 g/mol. The fraction of sp³-hybridized carbons (Fsp3) is 0.571. The Labute approximate surface area is 109 Å². The van der Waals surface area contributed by atoms with Crippen LogP contribution in [0.5, 0.6) is 0 Å². The van der Waals surface area contributed by atoms with Gasteiger partial charge in [0, 0.05) is 17.1 Å². The summed E-state index contributed by atoms with van der Waals surface area (Å²) in [6.45, 7) is 3.01. The molecule has 17 heavy (non-hydrogen) atoms. The SMILES string of the molecule is CC(c1ccccc1Cl)N(C)C1CCC1CN. The van der Waals surface area contributed by atoms with Gasteiger partial charge in [-0.3, -0.25) is 4.90 Å². The summed E-state index contributed by atoms with van der Waals surface area (Å²) in [4.78, 5) is 2.42. The minimum Gasteiger partial charge on any atom is -0.330 e. The Morgan fingerprint density at radius 1 is 1.41 bits per heavy atom. The smallest absolute Gasteiger partial charge is 0.0453 e. The van der Waals surface area contributed by atoms with Crippen LogP contribution in [0.4, 0.5) is 0 Å². The number of halogens is 1. The molecule has 2 N–H and O–H groups in total. The highest BCUT2D eigenvalue weighted by Gasteiger charge is 2.35. The van der Waals surface area contributed by atoms with Crippen molar-refractivity contribution in [3.05, 3.63) is 34.9 Å². The fourth-order valence-electron chi connectivity index (χ4n) is 2.68. The lowest BCUT2D eigenvalue weighted by Gasteiger charge is -2.45. The largest absolute Gasteiger partial charge is 0.330 e. The maximum Gasteiger partial charge on any atom is 0.0453 e. The predicted molar refractivity (Wildman–Crippen MR) is 73.2 cm³/mol. The van der Waals surface area contributed by atoms with E-state index in [4.69, 9.17) is 17.3 Å². The van der Waals surface area contributed by atoms with Crippen LogP contribution in [-0.4, -0.2) is 24.5 Å². The maximum atomic E-state index is 6.25. The zero-order chi connectivity index (χ0) is 12.4. The van der Waals surface area contributed by atoms with Crippen LogP contribution < -0.4 is 5.73 Å². The second kappa shape index (κ2) is 5.38. The highest BCUT2D eigenvalue weighted by molar-refractivity contribution is 6.31. The van der Waals surface area contributed by atoms with Crippen LogP contribution in [0.1, 0.15) is 31.4 Å². The van der Waals surface area contributed by atoms with E-state index in [1.807, 2.05) is 18.2 Å². The molecule has 1 aliphatic carbocycles. The molecule has 1 fully saturated rings. The van der Waals surface area contributed by atoms with E-state index < -0.39 is 0 Å². The van der Waals surface area contributed by atoms with E-state index in [0.717, 1.165) is 11.6 Å². The summed E-state index contributed by atoms with van der Waals surface area (Å²) in [5, 5.41) is 0.857. The second-order valence-corrected chi connectivity index (χ2v) is 5.41. The molecule has 0 spiro atoms. The number of nitrogens with zero attached hydrogens (tertiary/aromatic N) is 1. The summed E-state index contributed by atoms with van der Waals surface area (Å²) < 4.78 is 0. The van der Waals surface area contributed by atoms with Crippen LogP contribution in [0.3, 0.4) is 0 Å². The standard InChI is InChI=1S/C14H21ClN2/c1-10(12-5-3-4-6-13(12)15)17(2)14-8-7-11(14)9-16/h3-6,10-11,14H,7-9,16H2,1-2H3. The monoisotopic (exact) mass is 252 g/mol. The van der Waals surface area contributed by atoms with Gasteiger partial charge in [0.1, 0.15) is 0 Å². The molecule has 1 saturated carbocycles. The topological polar surface area (TPSA) is 29.3 Å². The third-order valence-corrected chi connectivity index (χ3v) is 4.51. The normalized spacial score (nSPS) is 25.7. The van der Waals surface area contributed by atoms with E-state index in [1.165, 1.54) is 18.4 Å². The van der Waals surface area contributed by atoms with Crippen molar-refractivity contribution in [2.75, 3.05) is 13.6 Å². The van der Waals surface area contributed by atoms with Gasteiger partial charge >= 0.3 is 0 Å². The third kappa shape index (κ3) is 2.49. The highest BCUT2D eigenvalue weighted by Crippen LogP contribution is 2.36. The van der Waals surface area contributed by atoms with Crippen LogP contribution >= 0.6 is 11.6 Å². The van der Waals surface area contributed by atoms with Crippen molar-refractivity contribution in [2.45, 2.75) is 31.8 Å². The zero-order valence-electron chi connectivity index (χ0n) is 10.6. The number of rotatable bonds is 4. The molecular formula is C14H21ClN2. The van der Waals surface area contributed by atoms with Crippen molar-refractivity contribution in [3.63, 3.8) is 0 Å². The van der Waals surface area contributed by atoms with E-state index in [2.05, 4.69) is 24.9 Å². The van der Waals surface area contributed by atoms with Gasteiger partial charge in [-0.15, -0.1) is 0 Å². The Balaban J connectivity index is 2.09. The van der Waals surface area contributed by atoms with Crippen molar-refractivity contribution in [1.82, 2.24) is 4.90 Å². The van der Waals surface area contributed by atoms with Crippen LogP contribution in [-0.2, 0) is 0 Å². The minimum absolute atomic E-state index is 0.350. The summed E-state index contributed by atoms with van der Waals surface area (Å²) >= 11 is 6.25. The van der Waals surface area contributed by atoms with E-state index in [0.29, 0.717) is 18.0 Å². The first-order chi connectivity index (χ1) is 8.15. The summed E-state index contributed by atoms with van der Waals surface area (Å²) in [6, 6.07) is 9.06. The van der Waals surface area contributed by atoms with Crippen molar-refractivity contribution in [2.24, 2.45) is 11.7 Å². The average Bonchev–Trinajstić information content (AvgIpc) is 2.28. The first-order valence-electron chi connectivity index (χ1n) is 6.31. The lowest BCUT2D eigenvalue weighted by molar-refractivity contribution is 0.0596. The van der Waals surface area contributed by atoms with Gasteiger partial charge in [-0.05, 0) is 50.9 Å². The predicted octanol–water partition coefficient (Wildman–Crippen LogP) is 3.07. The van der Waals surface area contributed by atoms with Gasteiger partial charge in [0.2, 0.25) is 0 Å². The number of benzene rings is 1. The van der Waals surface area contributed by atoms with Crippen molar-refractivity contribution < 1.29 is 0 Å². The lowest BCUT2D eigenvalue weighted by atomic mass is 9.78. The molecule has 2 nitrogen and oxygen atoms in total. The van der Waals surface area contributed by atoms with E-state index in [9.17, 15) is 0 Å². The Kier molecular flexibility index (Phi) is 4.08. The van der Waals surface area contributed by atoms with Crippen LogP contribution in [0.2, 0.25) is 5.02 Å². The van der Waals surface area contributed by atoms with E-state index >= 15 is 0 Å². The zero-order valence-corrected chi connectivity index (χ0v) is 11.3. The Morgan fingerprint density at radius 2 is 2.12 bits per heavy atom. The third-order valence-electron chi connectivity index (χ3n) is 4.17. The number of hydrogen-bond acceptors (Lipinski definition) is 2. The quantitative estimate of drug-likeness (QED) is 0.893. The molecule has 2 rings (SSSR count). The molecule has 0 bridgehead atoms. The molecule has 1 aliphatic rings. The van der Waals surface area contributed by atoms with Gasteiger partial charge in [-0.25, -0.2) is 0 Å². The molecule has 3 atom stereocenters. The Bertz CT molecular complexity index is 378. The molecule has 3 heteroatoms. The molecule has 0 saturated heterocycles. The molecule has 0 heterocycles. The second-order valence-electron chi connectivity index (χ2n) is 5.00. The summed E-state index contributed by atoms with van der Waals surface area (Å²) in [6.07, 6.45) is 2.52. The molecule has 0 aromatic heterocycles. The van der Waals surface area contributed by atoms with Gasteiger partial charge in [-0.1, -0.05) is 29.8 Å². The summed E-state index contributed by atoms with van der Waals surface area (Å²) in [5.74, 6) is 0.657. The maximum absolute atomic E-state index is 6.25. The van der Waals surface area contributed by atoms with Gasteiger partial charge in [0.15, 0.2) is 0 Å². The van der Waals surface area contributed by atoms with Gasteiger partial charge < -0.3 is 5.73 Å². The van der Waals surface area contributed by atoms with Crippen LogP contribution in [0.25, 0.3) is 0 Å². The number of nitrogens with two attached hydrogens (primary N) is 1. The minimum atomic E-state index is 0.350. The molecule has 1 aromatic rings.